The molecule has 0 aromatic carbocycles. The molecule has 0 N–H and O–H groups in total. The summed E-state index contributed by atoms with van der Waals surface area (Å²) in [7, 11) is 0. The lowest BCUT2D eigenvalue weighted by molar-refractivity contribution is 0.147. The molecule has 0 amide bonds. The van der Waals surface area contributed by atoms with E-state index in [1.165, 1.54) is 37.1 Å². The monoisotopic (exact) mass is 433 g/mol. The van der Waals surface area contributed by atoms with Gasteiger partial charge in [0, 0.05) is 24.5 Å². The van der Waals surface area contributed by atoms with Crippen LogP contribution in [0.3, 0.4) is 0 Å². The van der Waals surface area contributed by atoms with E-state index in [1.807, 2.05) is 13.8 Å². The summed E-state index contributed by atoms with van der Waals surface area (Å²) in [4.78, 5) is 2.60. The zero-order valence-electron chi connectivity index (χ0n) is 20.1. The SMILES string of the molecule is CC.C\C=C/C(=C\C(Cl)=C\CC)C1=CC=C(OCCCN2CCC[C@H](C)C2)CCC1. The molecule has 0 aromatic rings. The van der Waals surface area contributed by atoms with E-state index in [1.54, 1.807) is 0 Å². The van der Waals surface area contributed by atoms with Crippen molar-refractivity contribution in [3.63, 3.8) is 0 Å². The minimum absolute atomic E-state index is 0.813. The third kappa shape index (κ3) is 10.7. The number of allylic oxidation sites excluding steroid dienone is 10. The molecule has 170 valence electrons. The summed E-state index contributed by atoms with van der Waals surface area (Å²) in [5.74, 6) is 1.97. The Hall–Kier alpha value is -1.25. The van der Waals surface area contributed by atoms with Crippen LogP contribution in [-0.4, -0.2) is 31.1 Å². The zero-order chi connectivity index (χ0) is 22.2. The fourth-order valence-electron chi connectivity index (χ4n) is 3.99. The molecule has 2 nitrogen and oxygen atoms in total. The summed E-state index contributed by atoms with van der Waals surface area (Å²) >= 11 is 6.34. The van der Waals surface area contributed by atoms with E-state index >= 15 is 0 Å². The molecule has 30 heavy (non-hydrogen) atoms. The van der Waals surface area contributed by atoms with Crippen molar-refractivity contribution in [3.8, 4) is 0 Å². The van der Waals surface area contributed by atoms with Crippen molar-refractivity contribution in [2.75, 3.05) is 26.2 Å². The van der Waals surface area contributed by atoms with Crippen LogP contribution >= 0.6 is 11.6 Å². The average molecular weight is 434 g/mol. The summed E-state index contributed by atoms with van der Waals surface area (Å²) < 4.78 is 6.10. The van der Waals surface area contributed by atoms with Crippen LogP contribution in [0.4, 0.5) is 0 Å². The first kappa shape index (κ1) is 26.8. The van der Waals surface area contributed by atoms with Crippen LogP contribution < -0.4 is 0 Å². The van der Waals surface area contributed by atoms with Crippen LogP contribution in [0.25, 0.3) is 0 Å². The normalized spacial score (nSPS) is 21.5. The second kappa shape index (κ2) is 16.4. The molecule has 0 bridgehead atoms. The minimum Gasteiger partial charge on any atom is -0.498 e. The number of ether oxygens (including phenoxy) is 1. The number of likely N-dealkylation sites (tertiary alicyclic amines) is 1. The molecule has 0 radical (unpaired) electrons. The molecule has 1 fully saturated rings. The van der Waals surface area contributed by atoms with Crippen molar-refractivity contribution in [1.29, 1.82) is 0 Å². The lowest BCUT2D eigenvalue weighted by atomic mass is 10.00. The highest BCUT2D eigenvalue weighted by atomic mass is 35.5. The fourth-order valence-corrected chi connectivity index (χ4v) is 4.26. The van der Waals surface area contributed by atoms with Gasteiger partial charge < -0.3 is 9.64 Å². The summed E-state index contributed by atoms with van der Waals surface area (Å²) in [5, 5.41) is 0.813. The smallest absolute Gasteiger partial charge is 0.0959 e. The molecule has 1 aliphatic carbocycles. The predicted octanol–water partition coefficient (Wildman–Crippen LogP) is 8.18. The van der Waals surface area contributed by atoms with Crippen LogP contribution in [0.15, 0.2) is 58.4 Å². The summed E-state index contributed by atoms with van der Waals surface area (Å²) in [6.45, 7) is 15.0. The van der Waals surface area contributed by atoms with Gasteiger partial charge in [-0.3, -0.25) is 0 Å². The van der Waals surface area contributed by atoms with E-state index < -0.39 is 0 Å². The highest BCUT2D eigenvalue weighted by Gasteiger charge is 2.15. The standard InChI is InChI=1S/C25H38ClNO.C2H6/c1-4-9-23(19-24(26)10-5-2)22-12-6-13-25(15-14-22)28-18-8-17-27-16-7-11-21(3)20-27;1-2/h4,9-10,14-15,19,21H,5-8,11-13,16-18,20H2,1-3H3;1-2H3/b9-4-,23-19+,24-10-;/t21-;/m0./s1. The van der Waals surface area contributed by atoms with Crippen LogP contribution in [0, 0.1) is 5.92 Å². The van der Waals surface area contributed by atoms with Crippen LogP contribution in [0.2, 0.25) is 0 Å². The van der Waals surface area contributed by atoms with Crippen molar-refractivity contribution in [1.82, 2.24) is 4.90 Å². The van der Waals surface area contributed by atoms with Gasteiger partial charge in [-0.25, -0.2) is 0 Å². The Morgan fingerprint density at radius 3 is 2.73 bits per heavy atom. The first-order valence-corrected chi connectivity index (χ1v) is 12.5. The molecule has 2 aliphatic rings. The molecule has 0 aromatic heterocycles. The Kier molecular flexibility index (Phi) is 14.7. The fraction of sp³-hybridized carbons (Fsp3) is 0.630. The molecule has 0 unspecified atom stereocenters. The predicted molar refractivity (Wildman–Crippen MR) is 134 cm³/mol. The van der Waals surface area contributed by atoms with Crippen LogP contribution in [0.1, 0.15) is 79.6 Å². The summed E-state index contributed by atoms with van der Waals surface area (Å²) in [6, 6.07) is 0. The van der Waals surface area contributed by atoms with Crippen molar-refractivity contribution in [3.05, 3.63) is 58.4 Å². The van der Waals surface area contributed by atoms with Crippen molar-refractivity contribution < 1.29 is 4.74 Å². The molecular weight excluding hydrogens is 390 g/mol. The Morgan fingerprint density at radius 2 is 2.03 bits per heavy atom. The van der Waals surface area contributed by atoms with Crippen molar-refractivity contribution in [2.24, 2.45) is 5.92 Å². The van der Waals surface area contributed by atoms with E-state index in [0.717, 1.165) is 62.0 Å². The Morgan fingerprint density at radius 1 is 1.23 bits per heavy atom. The second-order valence-corrected chi connectivity index (χ2v) is 8.46. The van der Waals surface area contributed by atoms with Gasteiger partial charge >= 0.3 is 0 Å². The molecule has 1 saturated heterocycles. The molecule has 3 heteroatoms. The van der Waals surface area contributed by atoms with E-state index in [0.29, 0.717) is 0 Å². The van der Waals surface area contributed by atoms with Gasteiger partial charge in [-0.1, -0.05) is 63.6 Å². The number of halogens is 1. The van der Waals surface area contributed by atoms with Crippen molar-refractivity contribution in [2.45, 2.75) is 79.6 Å². The molecule has 1 aliphatic heterocycles. The Labute approximate surface area is 191 Å². The van der Waals surface area contributed by atoms with Gasteiger partial charge in [-0.05, 0) is 81.2 Å². The van der Waals surface area contributed by atoms with Gasteiger partial charge in [0.25, 0.3) is 0 Å². The average Bonchev–Trinajstić information content (AvgIpc) is 2.98. The Bertz CT molecular complexity index is 627. The van der Waals surface area contributed by atoms with Gasteiger partial charge in [0.1, 0.15) is 0 Å². The van der Waals surface area contributed by atoms with E-state index in [4.69, 9.17) is 16.3 Å². The maximum atomic E-state index is 6.34. The maximum absolute atomic E-state index is 6.34. The summed E-state index contributed by atoms with van der Waals surface area (Å²) in [6.07, 6.45) is 20.7. The highest BCUT2D eigenvalue weighted by molar-refractivity contribution is 6.31. The van der Waals surface area contributed by atoms with Crippen LogP contribution in [0.5, 0.6) is 0 Å². The third-order valence-electron chi connectivity index (χ3n) is 5.40. The topological polar surface area (TPSA) is 12.5 Å². The first-order chi connectivity index (χ1) is 14.6. The van der Waals surface area contributed by atoms with Gasteiger partial charge in [0.15, 0.2) is 0 Å². The largest absolute Gasteiger partial charge is 0.498 e. The van der Waals surface area contributed by atoms with Crippen LogP contribution in [-0.2, 0) is 4.74 Å². The molecular formula is C27H44ClNO. The van der Waals surface area contributed by atoms with E-state index in [2.05, 4.69) is 62.1 Å². The number of nitrogens with zero attached hydrogens (tertiary/aromatic N) is 1. The first-order valence-electron chi connectivity index (χ1n) is 12.1. The van der Waals surface area contributed by atoms with E-state index in [-0.39, 0.29) is 0 Å². The number of hydrogen-bond donors (Lipinski definition) is 0. The van der Waals surface area contributed by atoms with Crippen molar-refractivity contribution >= 4 is 11.6 Å². The quantitative estimate of drug-likeness (QED) is 0.268. The molecule has 1 heterocycles. The Balaban J connectivity index is 0.00000218. The van der Waals surface area contributed by atoms with Gasteiger partial charge in [0.2, 0.25) is 0 Å². The molecule has 0 spiro atoms. The van der Waals surface area contributed by atoms with E-state index in [9.17, 15) is 0 Å². The van der Waals surface area contributed by atoms with Gasteiger partial charge in [0.05, 0.1) is 12.4 Å². The van der Waals surface area contributed by atoms with Gasteiger partial charge in [-0.2, -0.15) is 0 Å². The molecule has 2 rings (SSSR count). The molecule has 1 atom stereocenters. The van der Waals surface area contributed by atoms with Gasteiger partial charge in [-0.15, -0.1) is 0 Å². The number of piperidine rings is 1. The minimum atomic E-state index is 0.813. The maximum Gasteiger partial charge on any atom is 0.0959 e. The zero-order valence-corrected chi connectivity index (χ0v) is 20.8. The molecule has 0 saturated carbocycles. The lowest BCUT2D eigenvalue weighted by Gasteiger charge is -2.30. The third-order valence-corrected chi connectivity index (χ3v) is 5.66. The number of hydrogen-bond acceptors (Lipinski definition) is 2. The number of rotatable bonds is 9. The lowest BCUT2D eigenvalue weighted by Crippen LogP contribution is -2.35. The second-order valence-electron chi connectivity index (χ2n) is 8.03. The highest BCUT2D eigenvalue weighted by Crippen LogP contribution is 2.26. The summed E-state index contributed by atoms with van der Waals surface area (Å²) in [5.41, 5.74) is 2.54.